The van der Waals surface area contributed by atoms with Crippen LogP contribution in [0.4, 0.5) is 5.82 Å². The fraction of sp³-hybridized carbons (Fsp3) is 0.583. The van der Waals surface area contributed by atoms with Crippen molar-refractivity contribution in [1.29, 1.82) is 5.26 Å². The molecule has 3 aliphatic heterocycles. The number of hydrogen-bond donors (Lipinski definition) is 0. The molecule has 1 aromatic rings. The number of thiocarbonyl (C=S) groups is 1. The Balaban J connectivity index is 1.84. The van der Waals surface area contributed by atoms with Crippen LogP contribution in [-0.2, 0) is 21.2 Å². The maximum atomic E-state index is 13.4. The predicted molar refractivity (Wildman–Crippen MR) is 143 cm³/mol. The van der Waals surface area contributed by atoms with Gasteiger partial charge < -0.3 is 4.90 Å². The molecule has 0 aromatic carbocycles. The first-order valence-corrected chi connectivity index (χ1v) is 15.1. The van der Waals surface area contributed by atoms with E-state index >= 15 is 0 Å². The largest absolute Gasteiger partial charge is 0.357 e. The zero-order chi connectivity index (χ0) is 25.3. The molecule has 1 unspecified atom stereocenters. The van der Waals surface area contributed by atoms with Crippen LogP contribution in [0.15, 0.2) is 9.70 Å². The van der Waals surface area contributed by atoms with E-state index in [1.54, 1.807) is 17.6 Å². The highest BCUT2D eigenvalue weighted by Crippen LogP contribution is 2.38. The van der Waals surface area contributed by atoms with E-state index in [0.29, 0.717) is 33.3 Å². The fourth-order valence-electron chi connectivity index (χ4n) is 5.02. The number of carbonyl (C=O) groups excluding carboxylic acids is 1. The van der Waals surface area contributed by atoms with E-state index in [1.165, 1.54) is 4.90 Å². The highest BCUT2D eigenvalue weighted by atomic mass is 32.2. The second kappa shape index (κ2) is 10.4. The van der Waals surface area contributed by atoms with Crippen molar-refractivity contribution in [2.45, 2.75) is 65.0 Å². The fourth-order valence-corrected chi connectivity index (χ4v) is 8.10. The molecule has 0 saturated carbocycles. The maximum Gasteiger partial charge on any atom is 0.270 e. The molecule has 11 heteroatoms. The first-order valence-electron chi connectivity index (χ1n) is 12.1. The lowest BCUT2D eigenvalue weighted by Crippen LogP contribution is -2.39. The summed E-state index contributed by atoms with van der Waals surface area (Å²) in [7, 11) is -3.18. The van der Waals surface area contributed by atoms with Crippen molar-refractivity contribution in [3.05, 3.63) is 31.9 Å². The number of pyridine rings is 1. The van der Waals surface area contributed by atoms with Gasteiger partial charge in [0.25, 0.3) is 11.5 Å². The van der Waals surface area contributed by atoms with Gasteiger partial charge >= 0.3 is 0 Å². The topological polar surface area (TPSA) is 103 Å². The SMILES string of the molecule is CCCCn1c(N2CCCCC2)c(/C=C2/SC(=S)N(C3CCS(=O)(=O)C3)C2=O)c(C)c(C#N)c1=O. The molecule has 1 aromatic heterocycles. The van der Waals surface area contributed by atoms with Crippen LogP contribution in [0.25, 0.3) is 6.08 Å². The number of carbonyl (C=O) groups is 1. The van der Waals surface area contributed by atoms with Crippen molar-refractivity contribution in [2.24, 2.45) is 0 Å². The van der Waals surface area contributed by atoms with Crippen molar-refractivity contribution in [3.63, 3.8) is 0 Å². The summed E-state index contributed by atoms with van der Waals surface area (Å²) in [6.45, 7) is 5.92. The van der Waals surface area contributed by atoms with Crippen molar-refractivity contribution >= 4 is 55.9 Å². The summed E-state index contributed by atoms with van der Waals surface area (Å²) in [5.74, 6) is 0.426. The molecule has 8 nitrogen and oxygen atoms in total. The molecule has 0 N–H and O–H groups in total. The third-order valence-electron chi connectivity index (χ3n) is 6.91. The molecular weight excluding hydrogens is 504 g/mol. The van der Waals surface area contributed by atoms with E-state index < -0.39 is 15.9 Å². The first-order chi connectivity index (χ1) is 16.7. The lowest BCUT2D eigenvalue weighted by Gasteiger charge is -2.33. The van der Waals surface area contributed by atoms with Crippen molar-refractivity contribution in [1.82, 2.24) is 9.47 Å². The number of thioether (sulfide) groups is 1. The first kappa shape index (κ1) is 25.9. The van der Waals surface area contributed by atoms with Crippen LogP contribution in [0.5, 0.6) is 0 Å². The summed E-state index contributed by atoms with van der Waals surface area (Å²) in [5, 5.41) is 9.81. The Kier molecular flexibility index (Phi) is 7.74. The lowest BCUT2D eigenvalue weighted by atomic mass is 10.0. The van der Waals surface area contributed by atoms with E-state index in [4.69, 9.17) is 12.2 Å². The third kappa shape index (κ3) is 5.06. The number of aromatic nitrogens is 1. The van der Waals surface area contributed by atoms with Crippen LogP contribution >= 0.6 is 24.0 Å². The molecular formula is C24H30N4O4S3. The van der Waals surface area contributed by atoms with Crippen LogP contribution in [0.1, 0.15) is 62.1 Å². The molecule has 4 rings (SSSR count). The van der Waals surface area contributed by atoms with Gasteiger partial charge in [0.2, 0.25) is 0 Å². The van der Waals surface area contributed by atoms with Gasteiger partial charge in [0.1, 0.15) is 21.8 Å². The maximum absolute atomic E-state index is 13.4. The highest BCUT2D eigenvalue weighted by molar-refractivity contribution is 8.26. The molecule has 4 heterocycles. The van der Waals surface area contributed by atoms with Gasteiger partial charge in [-0.05, 0) is 50.7 Å². The molecule has 3 aliphatic rings. The Hall–Kier alpha value is -2.16. The highest BCUT2D eigenvalue weighted by Gasteiger charge is 2.42. The Morgan fingerprint density at radius 3 is 2.54 bits per heavy atom. The average molecular weight is 535 g/mol. The number of unbranched alkanes of at least 4 members (excludes halogenated alkanes) is 1. The van der Waals surface area contributed by atoms with Crippen molar-refractivity contribution < 1.29 is 13.2 Å². The van der Waals surface area contributed by atoms with E-state index in [1.807, 2.05) is 0 Å². The molecule has 0 spiro atoms. The van der Waals surface area contributed by atoms with Gasteiger partial charge in [0.15, 0.2) is 9.84 Å². The monoisotopic (exact) mass is 534 g/mol. The Morgan fingerprint density at radius 1 is 1.23 bits per heavy atom. The number of rotatable bonds is 6. The number of nitriles is 1. The van der Waals surface area contributed by atoms with Crippen LogP contribution in [-0.4, -0.2) is 58.7 Å². The number of anilines is 1. The van der Waals surface area contributed by atoms with Gasteiger partial charge in [0, 0.05) is 25.2 Å². The van der Waals surface area contributed by atoms with E-state index in [2.05, 4.69) is 17.9 Å². The third-order valence-corrected chi connectivity index (χ3v) is 9.99. The molecule has 0 bridgehead atoms. The number of amides is 1. The van der Waals surface area contributed by atoms with Crippen LogP contribution in [0.3, 0.4) is 0 Å². The summed E-state index contributed by atoms with van der Waals surface area (Å²) in [4.78, 5) is 30.7. The second-order valence-corrected chi connectivity index (χ2v) is 13.2. The summed E-state index contributed by atoms with van der Waals surface area (Å²) < 4.78 is 26.1. The number of sulfone groups is 1. The minimum atomic E-state index is -3.18. The molecule has 3 fully saturated rings. The number of nitrogens with zero attached hydrogens (tertiary/aromatic N) is 4. The lowest BCUT2D eigenvalue weighted by molar-refractivity contribution is -0.123. The summed E-state index contributed by atoms with van der Waals surface area (Å²) >= 11 is 6.63. The minimum absolute atomic E-state index is 0.0555. The van der Waals surface area contributed by atoms with Crippen LogP contribution in [0, 0.1) is 18.3 Å². The summed E-state index contributed by atoms with van der Waals surface area (Å²) in [5.41, 5.74) is 1.04. The smallest absolute Gasteiger partial charge is 0.270 e. The normalized spacial score (nSPS) is 23.3. The molecule has 1 amide bonds. The van der Waals surface area contributed by atoms with E-state index in [9.17, 15) is 23.3 Å². The predicted octanol–water partition coefficient (Wildman–Crippen LogP) is 3.21. The Morgan fingerprint density at radius 2 is 1.94 bits per heavy atom. The number of piperidine rings is 1. The quantitative estimate of drug-likeness (QED) is 0.405. The van der Waals surface area contributed by atoms with Gasteiger partial charge in [0.05, 0.1) is 22.5 Å². The zero-order valence-corrected chi connectivity index (χ0v) is 22.5. The van der Waals surface area contributed by atoms with E-state index in [-0.39, 0.29) is 28.5 Å². The molecule has 0 radical (unpaired) electrons. The van der Waals surface area contributed by atoms with Crippen LogP contribution in [0.2, 0.25) is 0 Å². The molecule has 3 saturated heterocycles. The van der Waals surface area contributed by atoms with Gasteiger partial charge in [-0.25, -0.2) is 8.42 Å². The Labute approximate surface area is 215 Å². The summed E-state index contributed by atoms with van der Waals surface area (Å²) in [6.07, 6.45) is 6.98. The van der Waals surface area contributed by atoms with Gasteiger partial charge in [-0.1, -0.05) is 37.3 Å². The van der Waals surface area contributed by atoms with Crippen molar-refractivity contribution in [3.8, 4) is 6.07 Å². The second-order valence-electron chi connectivity index (χ2n) is 9.32. The molecule has 1 atom stereocenters. The Bertz CT molecular complexity index is 1290. The molecule has 35 heavy (non-hydrogen) atoms. The minimum Gasteiger partial charge on any atom is -0.357 e. The standard InChI is InChI=1S/C24H30N4O4S3/c1-3-4-11-27-21(26-9-6-5-7-10-26)18(16(2)19(14-25)22(27)29)13-20-23(30)28(24(33)34-20)17-8-12-35(31,32)15-17/h13,17H,3-12,15H2,1-2H3/b20-13+. The molecule has 188 valence electrons. The van der Waals surface area contributed by atoms with Crippen LogP contribution < -0.4 is 10.5 Å². The van der Waals surface area contributed by atoms with Gasteiger partial charge in [-0.3, -0.25) is 19.1 Å². The summed E-state index contributed by atoms with van der Waals surface area (Å²) in [6, 6.07) is 1.63. The number of hydrogen-bond acceptors (Lipinski definition) is 8. The molecule has 0 aliphatic carbocycles. The average Bonchev–Trinajstić information content (AvgIpc) is 3.32. The van der Waals surface area contributed by atoms with Crippen molar-refractivity contribution in [2.75, 3.05) is 29.5 Å². The van der Waals surface area contributed by atoms with Gasteiger partial charge in [-0.15, -0.1) is 0 Å². The van der Waals surface area contributed by atoms with E-state index in [0.717, 1.165) is 62.8 Å². The zero-order valence-electron chi connectivity index (χ0n) is 20.1. The van der Waals surface area contributed by atoms with Gasteiger partial charge in [-0.2, -0.15) is 5.26 Å².